The van der Waals surface area contributed by atoms with E-state index in [0.29, 0.717) is 12.1 Å². The topological polar surface area (TPSA) is 72.7 Å². The van der Waals surface area contributed by atoms with E-state index >= 15 is 0 Å². The quantitative estimate of drug-likeness (QED) is 0.465. The fraction of sp³-hybridized carbons (Fsp3) is 0.364. The van der Waals surface area contributed by atoms with Crippen LogP contribution in [-0.2, 0) is 9.53 Å². The van der Waals surface area contributed by atoms with Crippen LogP contribution < -0.4 is 4.90 Å². The highest BCUT2D eigenvalue weighted by Crippen LogP contribution is 2.27. The fourth-order valence-corrected chi connectivity index (χ4v) is 1.50. The van der Waals surface area contributed by atoms with Crippen molar-refractivity contribution in [3.63, 3.8) is 0 Å². The minimum absolute atomic E-state index is 0.151. The number of halogens is 2. The Hall–Kier alpha value is -2.25. The van der Waals surface area contributed by atoms with E-state index in [0.717, 1.165) is 4.90 Å². The van der Waals surface area contributed by atoms with Crippen molar-refractivity contribution in [2.45, 2.75) is 6.92 Å². The Morgan fingerprint density at radius 1 is 1.42 bits per heavy atom. The number of carbonyl (C=O) groups is 1. The largest absolute Gasteiger partial charge is 0.465 e. The molecule has 0 aliphatic heterocycles. The zero-order valence-electron chi connectivity index (χ0n) is 10.4. The Morgan fingerprint density at radius 3 is 2.37 bits per heavy atom. The molecule has 0 saturated heterocycles. The third-order valence-electron chi connectivity index (χ3n) is 2.27. The van der Waals surface area contributed by atoms with E-state index in [2.05, 4.69) is 4.74 Å². The summed E-state index contributed by atoms with van der Waals surface area (Å²) in [5, 5.41) is 10.4. The minimum Gasteiger partial charge on any atom is -0.465 e. The second-order valence-corrected chi connectivity index (χ2v) is 3.68. The number of hydrogen-bond acceptors (Lipinski definition) is 5. The van der Waals surface area contributed by atoms with Gasteiger partial charge < -0.3 is 9.64 Å². The van der Waals surface area contributed by atoms with Crippen molar-refractivity contribution in [2.75, 3.05) is 25.1 Å². The lowest BCUT2D eigenvalue weighted by Gasteiger charge is -2.19. The molecule has 1 aromatic rings. The van der Waals surface area contributed by atoms with Crippen LogP contribution >= 0.6 is 0 Å². The summed E-state index contributed by atoms with van der Waals surface area (Å²) in [6, 6.07) is 1.19. The summed E-state index contributed by atoms with van der Waals surface area (Å²) in [6.45, 7) is 1.39. The van der Waals surface area contributed by atoms with Gasteiger partial charge in [0.25, 0.3) is 5.69 Å². The molecule has 0 amide bonds. The average Bonchev–Trinajstić information content (AvgIpc) is 2.27. The van der Waals surface area contributed by atoms with Crippen LogP contribution in [0.25, 0.3) is 0 Å². The molecule has 0 saturated carbocycles. The molecule has 1 aromatic carbocycles. The van der Waals surface area contributed by atoms with E-state index < -0.39 is 33.9 Å². The molecular formula is C11H12F2N2O4. The van der Waals surface area contributed by atoms with Crippen molar-refractivity contribution in [1.82, 2.24) is 0 Å². The molecule has 104 valence electrons. The van der Waals surface area contributed by atoms with Crippen LogP contribution in [0.3, 0.4) is 0 Å². The molecule has 0 unspecified atom stereocenters. The van der Waals surface area contributed by atoms with Crippen LogP contribution in [0.4, 0.5) is 20.2 Å². The number of nitro benzene ring substituents is 1. The number of carbonyl (C=O) groups excluding carboxylic acids is 1. The Morgan fingerprint density at radius 2 is 1.95 bits per heavy atom. The smallest absolute Gasteiger partial charge is 0.325 e. The van der Waals surface area contributed by atoms with Gasteiger partial charge in [-0.3, -0.25) is 14.9 Å². The van der Waals surface area contributed by atoms with Crippen molar-refractivity contribution in [3.05, 3.63) is 33.9 Å². The standard InChI is InChI=1S/C11H12F2N2O4/c1-3-19-10(16)6-14(2)11-8(12)4-7(15(17)18)5-9(11)13/h4-5H,3,6H2,1-2H3. The molecule has 0 aliphatic carbocycles. The third-order valence-corrected chi connectivity index (χ3v) is 2.27. The van der Waals surface area contributed by atoms with Crippen LogP contribution in [-0.4, -0.2) is 31.1 Å². The van der Waals surface area contributed by atoms with E-state index in [-0.39, 0.29) is 13.2 Å². The molecule has 0 heterocycles. The second-order valence-electron chi connectivity index (χ2n) is 3.68. The summed E-state index contributed by atoms with van der Waals surface area (Å²) in [4.78, 5) is 21.7. The summed E-state index contributed by atoms with van der Waals surface area (Å²) < 4.78 is 31.9. The number of ether oxygens (including phenoxy) is 1. The van der Waals surface area contributed by atoms with Gasteiger partial charge in [-0.15, -0.1) is 0 Å². The van der Waals surface area contributed by atoms with Gasteiger partial charge in [-0.2, -0.15) is 0 Å². The summed E-state index contributed by atoms with van der Waals surface area (Å²) in [6.07, 6.45) is 0. The number of hydrogen-bond donors (Lipinski definition) is 0. The Labute approximate surface area is 107 Å². The summed E-state index contributed by atoms with van der Waals surface area (Å²) in [5.74, 6) is -2.88. The monoisotopic (exact) mass is 274 g/mol. The van der Waals surface area contributed by atoms with Gasteiger partial charge in [0, 0.05) is 7.05 Å². The van der Waals surface area contributed by atoms with Gasteiger partial charge in [0.2, 0.25) is 0 Å². The van der Waals surface area contributed by atoms with Crippen LogP contribution in [0.5, 0.6) is 0 Å². The predicted octanol–water partition coefficient (Wildman–Crippen LogP) is 1.87. The number of nitrogens with zero attached hydrogens (tertiary/aromatic N) is 2. The zero-order valence-corrected chi connectivity index (χ0v) is 10.4. The fourth-order valence-electron chi connectivity index (χ4n) is 1.50. The Bertz CT molecular complexity index is 484. The van der Waals surface area contributed by atoms with Gasteiger partial charge >= 0.3 is 5.97 Å². The first kappa shape index (κ1) is 14.8. The molecule has 0 spiro atoms. The highest BCUT2D eigenvalue weighted by atomic mass is 19.1. The molecule has 0 atom stereocenters. The minimum atomic E-state index is -1.11. The van der Waals surface area contributed by atoms with E-state index in [1.807, 2.05) is 0 Å². The van der Waals surface area contributed by atoms with Crippen molar-refractivity contribution in [3.8, 4) is 0 Å². The molecule has 0 bridgehead atoms. The number of likely N-dealkylation sites (N-methyl/N-ethyl adjacent to an activating group) is 1. The van der Waals surface area contributed by atoms with Crippen molar-refractivity contribution in [2.24, 2.45) is 0 Å². The molecule has 19 heavy (non-hydrogen) atoms. The van der Waals surface area contributed by atoms with Crippen LogP contribution in [0.2, 0.25) is 0 Å². The highest BCUT2D eigenvalue weighted by Gasteiger charge is 2.21. The maximum Gasteiger partial charge on any atom is 0.325 e. The number of non-ortho nitro benzene ring substituents is 1. The highest BCUT2D eigenvalue weighted by molar-refractivity contribution is 5.76. The van der Waals surface area contributed by atoms with E-state index in [1.165, 1.54) is 7.05 Å². The molecule has 8 heteroatoms. The zero-order chi connectivity index (χ0) is 14.6. The van der Waals surface area contributed by atoms with Crippen molar-refractivity contribution in [1.29, 1.82) is 0 Å². The molecule has 6 nitrogen and oxygen atoms in total. The van der Waals surface area contributed by atoms with Gasteiger partial charge in [0.15, 0.2) is 11.6 Å². The lowest BCUT2D eigenvalue weighted by atomic mass is 10.2. The van der Waals surface area contributed by atoms with Crippen molar-refractivity contribution < 1.29 is 23.2 Å². The van der Waals surface area contributed by atoms with Gasteiger partial charge in [-0.1, -0.05) is 0 Å². The molecule has 0 radical (unpaired) electrons. The predicted molar refractivity (Wildman–Crippen MR) is 62.9 cm³/mol. The number of rotatable bonds is 5. The van der Waals surface area contributed by atoms with Gasteiger partial charge in [-0.25, -0.2) is 8.78 Å². The molecule has 0 aromatic heterocycles. The molecule has 0 N–H and O–H groups in total. The second kappa shape index (κ2) is 6.07. The number of anilines is 1. The number of benzene rings is 1. The lowest BCUT2D eigenvalue weighted by Crippen LogP contribution is -2.28. The van der Waals surface area contributed by atoms with Gasteiger partial charge in [-0.05, 0) is 6.92 Å². The summed E-state index contributed by atoms with van der Waals surface area (Å²) >= 11 is 0. The molecule has 0 fully saturated rings. The van der Waals surface area contributed by atoms with E-state index in [4.69, 9.17) is 0 Å². The lowest BCUT2D eigenvalue weighted by molar-refractivity contribution is -0.385. The molecule has 1 rings (SSSR count). The number of esters is 1. The Kier molecular flexibility index (Phi) is 4.74. The molecule has 0 aliphatic rings. The maximum absolute atomic E-state index is 13.6. The first-order valence-corrected chi connectivity index (χ1v) is 5.37. The average molecular weight is 274 g/mol. The van der Waals surface area contributed by atoms with Crippen molar-refractivity contribution >= 4 is 17.3 Å². The normalized spacial score (nSPS) is 10.1. The van der Waals surface area contributed by atoms with E-state index in [1.54, 1.807) is 6.92 Å². The first-order chi connectivity index (χ1) is 8.86. The molecular weight excluding hydrogens is 262 g/mol. The van der Waals surface area contributed by atoms with Crippen LogP contribution in [0.1, 0.15) is 6.92 Å². The first-order valence-electron chi connectivity index (χ1n) is 5.37. The third kappa shape index (κ3) is 3.60. The van der Waals surface area contributed by atoms with Gasteiger partial charge in [0.1, 0.15) is 12.2 Å². The number of nitro groups is 1. The van der Waals surface area contributed by atoms with Crippen LogP contribution in [0.15, 0.2) is 12.1 Å². The Balaban J connectivity index is 3.00. The summed E-state index contributed by atoms with van der Waals surface area (Å²) in [5.41, 5.74) is -1.21. The SMILES string of the molecule is CCOC(=O)CN(C)c1c(F)cc([N+](=O)[O-])cc1F. The van der Waals surface area contributed by atoms with Gasteiger partial charge in [0.05, 0.1) is 23.7 Å². The van der Waals surface area contributed by atoms with Crippen LogP contribution in [0, 0.1) is 21.7 Å². The van der Waals surface area contributed by atoms with E-state index in [9.17, 15) is 23.7 Å². The summed E-state index contributed by atoms with van der Waals surface area (Å²) in [7, 11) is 1.28. The maximum atomic E-state index is 13.6.